The molecule has 4 heterocycles. The Morgan fingerprint density at radius 1 is 1.08 bits per heavy atom. The molecule has 24 heavy (non-hydrogen) atoms. The largest absolute Gasteiger partial charge is 0.350 e. The van der Waals surface area contributed by atoms with Gasteiger partial charge in [-0.05, 0) is 19.1 Å². The zero-order valence-electron chi connectivity index (χ0n) is 13.5. The molecule has 1 amide bonds. The lowest BCUT2D eigenvalue weighted by molar-refractivity contribution is -0.132. The normalized spacial score (nSPS) is 15.2. The molecule has 8 nitrogen and oxygen atoms in total. The monoisotopic (exact) mass is 325 g/mol. The van der Waals surface area contributed by atoms with Gasteiger partial charge in [-0.25, -0.2) is 4.98 Å². The van der Waals surface area contributed by atoms with Crippen molar-refractivity contribution in [3.8, 4) is 0 Å². The van der Waals surface area contributed by atoms with Crippen molar-refractivity contribution in [2.45, 2.75) is 13.5 Å². The zero-order valence-corrected chi connectivity index (χ0v) is 13.5. The van der Waals surface area contributed by atoms with Crippen LogP contribution in [-0.4, -0.2) is 61.1 Å². The van der Waals surface area contributed by atoms with Crippen LogP contribution in [0, 0.1) is 6.92 Å². The van der Waals surface area contributed by atoms with Gasteiger partial charge in [0.15, 0.2) is 5.82 Å². The molecule has 0 aromatic carbocycles. The minimum absolute atomic E-state index is 0.148. The van der Waals surface area contributed by atoms with E-state index in [1.807, 2.05) is 51.5 Å². The molecule has 0 aliphatic carbocycles. The Morgan fingerprint density at radius 3 is 2.58 bits per heavy atom. The number of fused-ring (bicyclic) bond motifs is 1. The molecule has 124 valence electrons. The smallest absolute Gasteiger partial charge is 0.242 e. The molecule has 1 aliphatic heterocycles. The molecule has 8 heteroatoms. The molecule has 0 atom stereocenters. The number of hydrogen-bond donors (Lipinski definition) is 0. The van der Waals surface area contributed by atoms with Crippen LogP contribution in [0.4, 0.5) is 5.82 Å². The maximum Gasteiger partial charge on any atom is 0.242 e. The van der Waals surface area contributed by atoms with Crippen molar-refractivity contribution >= 4 is 17.4 Å². The number of anilines is 1. The minimum atomic E-state index is 0.148. The standard InChI is InChI=1S/C16H19N7O/c1-13-18-19-16-15(17-4-7-23(13)16)22-10-8-21(9-11-22)14(24)12-20-5-2-3-6-20/h2-7H,8-12H2,1H3. The number of carbonyl (C=O) groups is 1. The summed E-state index contributed by atoms with van der Waals surface area (Å²) in [5.74, 6) is 1.82. The average molecular weight is 325 g/mol. The highest BCUT2D eigenvalue weighted by atomic mass is 16.2. The molecule has 1 saturated heterocycles. The van der Waals surface area contributed by atoms with Crippen molar-refractivity contribution in [1.82, 2.24) is 29.0 Å². The fourth-order valence-corrected chi connectivity index (χ4v) is 3.05. The zero-order chi connectivity index (χ0) is 16.5. The molecule has 0 radical (unpaired) electrons. The highest BCUT2D eigenvalue weighted by Gasteiger charge is 2.24. The minimum Gasteiger partial charge on any atom is -0.350 e. The SMILES string of the molecule is Cc1nnc2c(N3CCN(C(=O)Cn4cccc4)CC3)nccn12. The fourth-order valence-electron chi connectivity index (χ4n) is 3.05. The fraction of sp³-hybridized carbons (Fsp3) is 0.375. The molecule has 4 rings (SSSR count). The number of aromatic nitrogens is 5. The molecule has 1 aliphatic rings. The summed E-state index contributed by atoms with van der Waals surface area (Å²) in [6.45, 7) is 5.18. The Balaban J connectivity index is 1.45. The van der Waals surface area contributed by atoms with Gasteiger partial charge in [-0.3, -0.25) is 9.20 Å². The highest BCUT2D eigenvalue weighted by Crippen LogP contribution is 2.19. The van der Waals surface area contributed by atoms with Gasteiger partial charge in [-0.2, -0.15) is 0 Å². The Hall–Kier alpha value is -2.90. The Bertz CT molecular complexity index is 847. The maximum absolute atomic E-state index is 12.4. The summed E-state index contributed by atoms with van der Waals surface area (Å²) in [6.07, 6.45) is 7.45. The van der Waals surface area contributed by atoms with Gasteiger partial charge in [0, 0.05) is 51.0 Å². The molecule has 0 saturated carbocycles. The summed E-state index contributed by atoms with van der Waals surface area (Å²) >= 11 is 0. The summed E-state index contributed by atoms with van der Waals surface area (Å²) in [7, 11) is 0. The molecule has 0 unspecified atom stereocenters. The Morgan fingerprint density at radius 2 is 1.83 bits per heavy atom. The van der Waals surface area contributed by atoms with Crippen molar-refractivity contribution in [2.24, 2.45) is 0 Å². The quantitative estimate of drug-likeness (QED) is 0.704. The molecule has 3 aromatic heterocycles. The van der Waals surface area contributed by atoms with E-state index in [0.717, 1.165) is 30.4 Å². The molecular formula is C16H19N7O. The van der Waals surface area contributed by atoms with Crippen LogP contribution >= 0.6 is 0 Å². The summed E-state index contributed by atoms with van der Waals surface area (Å²) in [5.41, 5.74) is 0.766. The Kier molecular flexibility index (Phi) is 3.64. The van der Waals surface area contributed by atoms with Crippen molar-refractivity contribution in [3.05, 3.63) is 42.7 Å². The van der Waals surface area contributed by atoms with Gasteiger partial charge in [-0.15, -0.1) is 10.2 Å². The first kappa shape index (κ1) is 14.7. The first-order valence-electron chi connectivity index (χ1n) is 8.02. The van der Waals surface area contributed by atoms with Crippen LogP contribution in [0.2, 0.25) is 0 Å². The summed E-state index contributed by atoms with van der Waals surface area (Å²) in [6, 6.07) is 3.86. The van der Waals surface area contributed by atoms with E-state index in [2.05, 4.69) is 20.1 Å². The number of carbonyl (C=O) groups excluding carboxylic acids is 1. The molecule has 0 spiro atoms. The lowest BCUT2D eigenvalue weighted by Crippen LogP contribution is -2.50. The van der Waals surface area contributed by atoms with Gasteiger partial charge in [0.1, 0.15) is 12.4 Å². The van der Waals surface area contributed by atoms with Crippen LogP contribution in [0.5, 0.6) is 0 Å². The van der Waals surface area contributed by atoms with Crippen molar-refractivity contribution in [3.63, 3.8) is 0 Å². The van der Waals surface area contributed by atoms with Crippen LogP contribution in [-0.2, 0) is 11.3 Å². The second kappa shape index (κ2) is 5.95. The molecule has 0 N–H and O–H groups in total. The molecule has 3 aromatic rings. The van der Waals surface area contributed by atoms with Gasteiger partial charge in [0.05, 0.1) is 0 Å². The number of hydrogen-bond acceptors (Lipinski definition) is 5. The average Bonchev–Trinajstić information content (AvgIpc) is 3.25. The van der Waals surface area contributed by atoms with Crippen LogP contribution in [0.15, 0.2) is 36.9 Å². The first-order chi connectivity index (χ1) is 11.7. The van der Waals surface area contributed by atoms with Crippen molar-refractivity contribution < 1.29 is 4.79 Å². The van der Waals surface area contributed by atoms with Gasteiger partial charge < -0.3 is 14.4 Å². The summed E-state index contributed by atoms with van der Waals surface area (Å²) in [5, 5.41) is 8.34. The highest BCUT2D eigenvalue weighted by molar-refractivity contribution is 5.76. The van der Waals surface area contributed by atoms with E-state index in [0.29, 0.717) is 19.6 Å². The predicted octanol–water partition coefficient (Wildman–Crippen LogP) is 0.583. The Labute approximate surface area is 139 Å². The summed E-state index contributed by atoms with van der Waals surface area (Å²) < 4.78 is 3.84. The third kappa shape index (κ3) is 2.60. The topological polar surface area (TPSA) is 71.6 Å². The van der Waals surface area contributed by atoms with E-state index in [1.54, 1.807) is 6.20 Å². The second-order valence-corrected chi connectivity index (χ2v) is 5.91. The van der Waals surface area contributed by atoms with Crippen LogP contribution in [0.3, 0.4) is 0 Å². The molecular weight excluding hydrogens is 306 g/mol. The number of aryl methyl sites for hydroxylation is 1. The summed E-state index contributed by atoms with van der Waals surface area (Å²) in [4.78, 5) is 20.9. The van der Waals surface area contributed by atoms with E-state index < -0.39 is 0 Å². The lowest BCUT2D eigenvalue weighted by atomic mass is 10.3. The number of amides is 1. The number of nitrogens with zero attached hydrogens (tertiary/aromatic N) is 7. The second-order valence-electron chi connectivity index (χ2n) is 5.91. The molecule has 0 bridgehead atoms. The van der Waals surface area contributed by atoms with Crippen molar-refractivity contribution in [1.29, 1.82) is 0 Å². The van der Waals surface area contributed by atoms with E-state index in [1.165, 1.54) is 0 Å². The van der Waals surface area contributed by atoms with Gasteiger partial charge in [0.25, 0.3) is 0 Å². The lowest BCUT2D eigenvalue weighted by Gasteiger charge is -2.35. The van der Waals surface area contributed by atoms with E-state index >= 15 is 0 Å². The van der Waals surface area contributed by atoms with Crippen LogP contribution < -0.4 is 4.90 Å². The van der Waals surface area contributed by atoms with E-state index in [4.69, 9.17) is 0 Å². The third-order valence-corrected chi connectivity index (χ3v) is 4.39. The number of rotatable bonds is 3. The number of piperazine rings is 1. The van der Waals surface area contributed by atoms with Crippen LogP contribution in [0.1, 0.15) is 5.82 Å². The van der Waals surface area contributed by atoms with Gasteiger partial charge >= 0.3 is 0 Å². The van der Waals surface area contributed by atoms with Gasteiger partial charge in [-0.1, -0.05) is 0 Å². The maximum atomic E-state index is 12.4. The van der Waals surface area contributed by atoms with Crippen LogP contribution in [0.25, 0.3) is 5.65 Å². The first-order valence-corrected chi connectivity index (χ1v) is 8.02. The van der Waals surface area contributed by atoms with E-state index in [-0.39, 0.29) is 5.91 Å². The van der Waals surface area contributed by atoms with Crippen molar-refractivity contribution in [2.75, 3.05) is 31.1 Å². The van der Waals surface area contributed by atoms with E-state index in [9.17, 15) is 4.79 Å². The third-order valence-electron chi connectivity index (χ3n) is 4.39. The van der Waals surface area contributed by atoms with Gasteiger partial charge in [0.2, 0.25) is 11.6 Å². The predicted molar refractivity (Wildman–Crippen MR) is 88.7 cm³/mol. The molecule has 1 fully saturated rings.